The van der Waals surface area contributed by atoms with Crippen LogP contribution in [-0.2, 0) is 9.59 Å². The largest absolute Gasteiger partial charge is 0.342 e. The van der Waals surface area contributed by atoms with Gasteiger partial charge < -0.3 is 15.1 Å². The highest BCUT2D eigenvalue weighted by atomic mass is 16.2. The van der Waals surface area contributed by atoms with Crippen LogP contribution in [0.2, 0.25) is 0 Å². The van der Waals surface area contributed by atoms with Crippen molar-refractivity contribution in [2.75, 3.05) is 32.7 Å². The van der Waals surface area contributed by atoms with Gasteiger partial charge in [0.15, 0.2) is 0 Å². The Hall–Kier alpha value is -1.10. The molecule has 1 aliphatic carbocycles. The predicted molar refractivity (Wildman–Crippen MR) is 99.1 cm³/mol. The monoisotopic (exact) mass is 349 g/mol. The molecule has 2 aliphatic heterocycles. The van der Waals surface area contributed by atoms with Crippen molar-refractivity contribution in [3.05, 3.63) is 0 Å². The van der Waals surface area contributed by atoms with Gasteiger partial charge in [0.1, 0.15) is 0 Å². The molecule has 1 N–H and O–H groups in total. The summed E-state index contributed by atoms with van der Waals surface area (Å²) in [6.07, 6.45) is 7.27. The smallest absolute Gasteiger partial charge is 0.227 e. The van der Waals surface area contributed by atoms with E-state index in [4.69, 9.17) is 0 Å². The Morgan fingerprint density at radius 3 is 2.44 bits per heavy atom. The van der Waals surface area contributed by atoms with E-state index in [9.17, 15) is 9.59 Å². The van der Waals surface area contributed by atoms with Crippen LogP contribution in [-0.4, -0.2) is 60.4 Å². The van der Waals surface area contributed by atoms with Gasteiger partial charge >= 0.3 is 0 Å². The molecule has 1 saturated carbocycles. The van der Waals surface area contributed by atoms with Crippen LogP contribution in [0.4, 0.5) is 0 Å². The van der Waals surface area contributed by atoms with Crippen molar-refractivity contribution in [2.24, 2.45) is 17.8 Å². The fourth-order valence-electron chi connectivity index (χ4n) is 4.77. The van der Waals surface area contributed by atoms with Crippen LogP contribution in [0.1, 0.15) is 58.8 Å². The number of hydrogen-bond donors (Lipinski definition) is 1. The highest BCUT2D eigenvalue weighted by Gasteiger charge is 2.40. The first-order chi connectivity index (χ1) is 12.1. The van der Waals surface area contributed by atoms with Crippen LogP contribution in [0, 0.1) is 17.8 Å². The van der Waals surface area contributed by atoms with Gasteiger partial charge in [0.25, 0.3) is 0 Å². The number of hydrogen-bond acceptors (Lipinski definition) is 3. The van der Waals surface area contributed by atoms with Crippen molar-refractivity contribution < 1.29 is 9.59 Å². The second-order valence-electron chi connectivity index (χ2n) is 8.44. The maximum atomic E-state index is 12.9. The van der Waals surface area contributed by atoms with Gasteiger partial charge in [-0.3, -0.25) is 9.59 Å². The van der Waals surface area contributed by atoms with E-state index in [1.165, 1.54) is 12.8 Å². The van der Waals surface area contributed by atoms with E-state index in [1.54, 1.807) is 0 Å². The summed E-state index contributed by atoms with van der Waals surface area (Å²) in [7, 11) is 0. The van der Waals surface area contributed by atoms with E-state index in [0.717, 1.165) is 57.8 Å². The molecule has 0 radical (unpaired) electrons. The molecule has 1 atom stereocenters. The van der Waals surface area contributed by atoms with E-state index in [-0.39, 0.29) is 17.7 Å². The minimum atomic E-state index is -0.0998. The molecule has 3 aliphatic rings. The van der Waals surface area contributed by atoms with Crippen LogP contribution in [0.15, 0.2) is 0 Å². The average Bonchev–Trinajstić information content (AvgIpc) is 3.02. The van der Waals surface area contributed by atoms with E-state index in [1.807, 2.05) is 9.80 Å². The number of amides is 2. The van der Waals surface area contributed by atoms with Gasteiger partial charge in [-0.25, -0.2) is 0 Å². The van der Waals surface area contributed by atoms with E-state index >= 15 is 0 Å². The summed E-state index contributed by atoms with van der Waals surface area (Å²) in [5, 5.41) is 3.41. The molecule has 142 valence electrons. The van der Waals surface area contributed by atoms with Crippen molar-refractivity contribution >= 4 is 11.8 Å². The number of rotatable bonds is 5. The standard InChI is InChI=1S/C20H35N3O2/c1-3-21-13-16-8-10-22(11-9-16)20(25)17-12-19(24)23(14-17)18-6-4-15(2)5-7-18/h15-18,21H,3-14H2,1-2H3. The zero-order chi connectivity index (χ0) is 17.8. The minimum Gasteiger partial charge on any atom is -0.342 e. The lowest BCUT2D eigenvalue weighted by atomic mass is 9.86. The predicted octanol–water partition coefficient (Wildman–Crippen LogP) is 2.26. The highest BCUT2D eigenvalue weighted by Crippen LogP contribution is 2.32. The molecule has 5 nitrogen and oxygen atoms in total. The average molecular weight is 350 g/mol. The zero-order valence-corrected chi connectivity index (χ0v) is 16.0. The molecule has 25 heavy (non-hydrogen) atoms. The van der Waals surface area contributed by atoms with Gasteiger partial charge in [0.05, 0.1) is 5.92 Å². The molecule has 3 fully saturated rings. The molecule has 3 rings (SSSR count). The quantitative estimate of drug-likeness (QED) is 0.828. The summed E-state index contributed by atoms with van der Waals surface area (Å²) in [6.45, 7) is 8.89. The lowest BCUT2D eigenvalue weighted by molar-refractivity contribution is -0.137. The van der Waals surface area contributed by atoms with E-state index < -0.39 is 0 Å². The maximum absolute atomic E-state index is 12.9. The Bertz CT molecular complexity index is 466. The molecule has 2 heterocycles. The number of piperidine rings is 1. The summed E-state index contributed by atoms with van der Waals surface area (Å²) in [5.74, 6) is 1.81. The molecule has 0 bridgehead atoms. The Morgan fingerprint density at radius 2 is 1.80 bits per heavy atom. The van der Waals surface area contributed by atoms with Gasteiger partial charge in [-0.15, -0.1) is 0 Å². The van der Waals surface area contributed by atoms with Crippen molar-refractivity contribution in [1.82, 2.24) is 15.1 Å². The molecule has 2 amide bonds. The molecule has 0 aromatic carbocycles. The summed E-state index contributed by atoms with van der Waals surface area (Å²) in [5.41, 5.74) is 0. The molecule has 0 aromatic heterocycles. The second-order valence-corrected chi connectivity index (χ2v) is 8.44. The highest BCUT2D eigenvalue weighted by molar-refractivity contribution is 5.89. The fourth-order valence-corrected chi connectivity index (χ4v) is 4.77. The fraction of sp³-hybridized carbons (Fsp3) is 0.900. The van der Waals surface area contributed by atoms with E-state index in [0.29, 0.717) is 24.9 Å². The first-order valence-corrected chi connectivity index (χ1v) is 10.4. The minimum absolute atomic E-state index is 0.0998. The van der Waals surface area contributed by atoms with Gasteiger partial charge in [-0.2, -0.15) is 0 Å². The van der Waals surface area contributed by atoms with E-state index in [2.05, 4.69) is 19.2 Å². The van der Waals surface area contributed by atoms with Crippen molar-refractivity contribution in [3.63, 3.8) is 0 Å². The first-order valence-electron chi connectivity index (χ1n) is 10.4. The molecule has 2 saturated heterocycles. The summed E-state index contributed by atoms with van der Waals surface area (Å²) >= 11 is 0. The molecule has 5 heteroatoms. The SMILES string of the molecule is CCNCC1CCN(C(=O)C2CC(=O)N(C3CCC(C)CC3)C2)CC1. The topological polar surface area (TPSA) is 52.7 Å². The third-order valence-corrected chi connectivity index (χ3v) is 6.54. The van der Waals surface area contributed by atoms with Gasteiger partial charge in [-0.05, 0) is 63.5 Å². The number of likely N-dealkylation sites (tertiary alicyclic amines) is 2. The molecular weight excluding hydrogens is 314 g/mol. The normalized spacial score (nSPS) is 31.6. The van der Waals surface area contributed by atoms with Crippen molar-refractivity contribution in [1.29, 1.82) is 0 Å². The Labute approximate surface area is 152 Å². The van der Waals surface area contributed by atoms with Gasteiger partial charge in [-0.1, -0.05) is 13.8 Å². The number of carbonyl (C=O) groups excluding carboxylic acids is 2. The molecule has 0 spiro atoms. The van der Waals surface area contributed by atoms with Gasteiger partial charge in [0.2, 0.25) is 11.8 Å². The number of nitrogens with one attached hydrogen (secondary N) is 1. The molecule has 0 aromatic rings. The Balaban J connectivity index is 1.48. The Kier molecular flexibility index (Phi) is 6.37. The number of carbonyl (C=O) groups is 2. The van der Waals surface area contributed by atoms with Crippen LogP contribution in [0.25, 0.3) is 0 Å². The van der Waals surface area contributed by atoms with Crippen LogP contribution < -0.4 is 5.32 Å². The number of nitrogens with zero attached hydrogens (tertiary/aromatic N) is 2. The third-order valence-electron chi connectivity index (χ3n) is 6.54. The van der Waals surface area contributed by atoms with Crippen molar-refractivity contribution in [2.45, 2.75) is 64.8 Å². The van der Waals surface area contributed by atoms with Crippen LogP contribution in [0.5, 0.6) is 0 Å². The lowest BCUT2D eigenvalue weighted by Crippen LogP contribution is -2.44. The molecule has 1 unspecified atom stereocenters. The second kappa shape index (κ2) is 8.52. The van der Waals surface area contributed by atoms with Crippen molar-refractivity contribution in [3.8, 4) is 0 Å². The Morgan fingerprint density at radius 1 is 1.12 bits per heavy atom. The van der Waals surface area contributed by atoms with Crippen LogP contribution >= 0.6 is 0 Å². The zero-order valence-electron chi connectivity index (χ0n) is 16.0. The third kappa shape index (κ3) is 4.55. The first kappa shape index (κ1) is 18.7. The van der Waals surface area contributed by atoms with Gasteiger partial charge in [0, 0.05) is 32.1 Å². The lowest BCUT2D eigenvalue weighted by Gasteiger charge is -2.35. The summed E-state index contributed by atoms with van der Waals surface area (Å²) < 4.78 is 0. The van der Waals surface area contributed by atoms with Crippen LogP contribution in [0.3, 0.4) is 0 Å². The molecular formula is C20H35N3O2. The maximum Gasteiger partial charge on any atom is 0.227 e. The summed E-state index contributed by atoms with van der Waals surface area (Å²) in [4.78, 5) is 29.4. The summed E-state index contributed by atoms with van der Waals surface area (Å²) in [6, 6.07) is 0.382.